The molecule has 0 aliphatic heterocycles. The topological polar surface area (TPSA) is 0 Å². The molecular weight excluding hydrogens is 276 g/mol. The lowest BCUT2D eigenvalue weighted by Gasteiger charge is -2.03. The zero-order valence-electron chi connectivity index (χ0n) is 15.5. The van der Waals surface area contributed by atoms with Gasteiger partial charge in [-0.15, -0.1) is 0 Å². The van der Waals surface area contributed by atoms with Crippen LogP contribution in [0.4, 0.5) is 0 Å². The lowest BCUT2D eigenvalue weighted by molar-refractivity contribution is 0.531. The van der Waals surface area contributed by atoms with Gasteiger partial charge in [-0.25, -0.2) is 0 Å². The fraction of sp³-hybridized carbons (Fsp3) is 0.739. The summed E-state index contributed by atoms with van der Waals surface area (Å²) in [5.41, 5.74) is 0. The summed E-state index contributed by atoms with van der Waals surface area (Å²) in [4.78, 5) is 0. The minimum Gasteiger partial charge on any atom is -0.0845 e. The molecule has 0 fully saturated rings. The molecule has 132 valence electrons. The second-order valence-electron chi connectivity index (χ2n) is 7.12. The molecule has 0 unspecified atom stereocenters. The molecule has 0 saturated heterocycles. The predicted molar refractivity (Wildman–Crippen MR) is 106 cm³/mol. The second-order valence-corrected chi connectivity index (χ2v) is 7.12. The van der Waals surface area contributed by atoms with E-state index in [1.807, 2.05) is 0 Å². The number of hydrogen-bond acceptors (Lipinski definition) is 0. The number of hydrogen-bond donors (Lipinski definition) is 0. The van der Waals surface area contributed by atoms with Crippen molar-refractivity contribution in [3.05, 3.63) is 36.5 Å². The van der Waals surface area contributed by atoms with Gasteiger partial charge in [0, 0.05) is 0 Å². The number of rotatable bonds is 0. The Morgan fingerprint density at radius 2 is 0.522 bits per heavy atom. The minimum absolute atomic E-state index is 1.24. The van der Waals surface area contributed by atoms with Crippen molar-refractivity contribution >= 4 is 0 Å². The molecule has 0 nitrogen and oxygen atoms in total. The van der Waals surface area contributed by atoms with E-state index >= 15 is 0 Å². The summed E-state index contributed by atoms with van der Waals surface area (Å²) in [7, 11) is 0. The van der Waals surface area contributed by atoms with Crippen molar-refractivity contribution < 1.29 is 0 Å². The van der Waals surface area contributed by atoms with Crippen molar-refractivity contribution in [1.29, 1.82) is 0 Å². The zero-order valence-corrected chi connectivity index (χ0v) is 15.5. The van der Waals surface area contributed by atoms with Crippen molar-refractivity contribution in [2.24, 2.45) is 0 Å². The average Bonchev–Trinajstić information content (AvgIpc) is 2.56. The molecule has 1 aliphatic rings. The van der Waals surface area contributed by atoms with E-state index in [1.165, 1.54) is 109 Å². The summed E-state index contributed by atoms with van der Waals surface area (Å²) >= 11 is 0. The normalized spacial score (nSPS) is 24.7. The molecule has 1 aliphatic carbocycles. The molecule has 0 saturated carbocycles. The van der Waals surface area contributed by atoms with Crippen molar-refractivity contribution in [2.75, 3.05) is 0 Å². The maximum atomic E-state index is 2.32. The summed E-state index contributed by atoms with van der Waals surface area (Å²) in [6.07, 6.45) is 37.5. The largest absolute Gasteiger partial charge is 0.0845 e. The van der Waals surface area contributed by atoms with Gasteiger partial charge in [-0.3, -0.25) is 0 Å². The van der Waals surface area contributed by atoms with Gasteiger partial charge in [-0.05, 0) is 25.7 Å². The van der Waals surface area contributed by atoms with Gasteiger partial charge in [0.2, 0.25) is 0 Å². The molecule has 0 N–H and O–H groups in total. The second kappa shape index (κ2) is 17.6. The van der Waals surface area contributed by atoms with Crippen LogP contribution in [0.5, 0.6) is 0 Å². The molecule has 0 aromatic rings. The van der Waals surface area contributed by atoms with Gasteiger partial charge in [-0.1, -0.05) is 120 Å². The van der Waals surface area contributed by atoms with E-state index in [9.17, 15) is 0 Å². The zero-order chi connectivity index (χ0) is 16.3. The van der Waals surface area contributed by atoms with E-state index in [0.717, 1.165) is 0 Å². The van der Waals surface area contributed by atoms with Gasteiger partial charge in [0.15, 0.2) is 0 Å². The van der Waals surface area contributed by atoms with E-state index in [-0.39, 0.29) is 0 Å². The highest BCUT2D eigenvalue weighted by Gasteiger charge is 1.94. The molecule has 1 rings (SSSR count). The van der Waals surface area contributed by atoms with E-state index in [4.69, 9.17) is 0 Å². The van der Waals surface area contributed by atoms with Crippen LogP contribution in [0.2, 0.25) is 0 Å². The molecule has 0 heterocycles. The summed E-state index contributed by atoms with van der Waals surface area (Å²) < 4.78 is 0. The molecule has 0 amide bonds. The molecule has 0 aromatic heterocycles. The SMILES string of the molecule is C1=CCCCCCCCCCCCCCCCCC/C=C/C=C/1. The first-order valence-electron chi connectivity index (χ1n) is 10.5. The van der Waals surface area contributed by atoms with E-state index in [1.54, 1.807) is 0 Å². The van der Waals surface area contributed by atoms with Gasteiger partial charge in [-0.2, -0.15) is 0 Å². The van der Waals surface area contributed by atoms with Crippen molar-refractivity contribution in [3.8, 4) is 0 Å². The summed E-state index contributed by atoms with van der Waals surface area (Å²) in [5.74, 6) is 0. The minimum atomic E-state index is 1.24. The van der Waals surface area contributed by atoms with E-state index in [2.05, 4.69) is 36.5 Å². The maximum Gasteiger partial charge on any atom is -0.0348 e. The average molecular weight is 317 g/mol. The third kappa shape index (κ3) is 15.9. The molecule has 0 aromatic carbocycles. The Morgan fingerprint density at radius 1 is 0.261 bits per heavy atom. The van der Waals surface area contributed by atoms with E-state index in [0.29, 0.717) is 0 Å². The third-order valence-electron chi connectivity index (χ3n) is 4.85. The van der Waals surface area contributed by atoms with Crippen LogP contribution in [0.3, 0.4) is 0 Å². The van der Waals surface area contributed by atoms with Crippen LogP contribution < -0.4 is 0 Å². The van der Waals surface area contributed by atoms with Crippen LogP contribution in [-0.4, -0.2) is 0 Å². The molecule has 23 heavy (non-hydrogen) atoms. The predicted octanol–water partition coefficient (Wildman–Crippen LogP) is 8.30. The Morgan fingerprint density at radius 3 is 0.826 bits per heavy atom. The van der Waals surface area contributed by atoms with Gasteiger partial charge in [0.05, 0.1) is 0 Å². The van der Waals surface area contributed by atoms with E-state index < -0.39 is 0 Å². The Labute approximate surface area is 146 Å². The fourth-order valence-corrected chi connectivity index (χ4v) is 3.30. The first kappa shape index (κ1) is 20.3. The van der Waals surface area contributed by atoms with Crippen molar-refractivity contribution in [3.63, 3.8) is 0 Å². The monoisotopic (exact) mass is 316 g/mol. The summed E-state index contributed by atoms with van der Waals surface area (Å²) in [5, 5.41) is 0. The Kier molecular flexibility index (Phi) is 15.5. The van der Waals surface area contributed by atoms with Crippen LogP contribution in [0.1, 0.15) is 109 Å². The molecule has 0 heteroatoms. The Bertz CT molecular complexity index is 278. The highest BCUT2D eigenvalue weighted by atomic mass is 14.0. The molecular formula is C23H40. The highest BCUT2D eigenvalue weighted by Crippen LogP contribution is 2.14. The lowest BCUT2D eigenvalue weighted by atomic mass is 10.0. The van der Waals surface area contributed by atoms with Crippen molar-refractivity contribution in [1.82, 2.24) is 0 Å². The standard InChI is InChI=1S/C23H40/c1-2-4-6-8-10-12-14-16-18-20-22-23-21-19-17-15-13-11-9-7-5-3-1/h1-6H,7-23H2/b2-1+,5-3+,6-4?. The molecule has 0 atom stereocenters. The first-order chi connectivity index (χ1) is 11.5. The van der Waals surface area contributed by atoms with Crippen molar-refractivity contribution in [2.45, 2.75) is 109 Å². The highest BCUT2D eigenvalue weighted by molar-refractivity contribution is 5.10. The molecule has 0 spiro atoms. The van der Waals surface area contributed by atoms with Gasteiger partial charge in [0.25, 0.3) is 0 Å². The molecule has 0 bridgehead atoms. The third-order valence-corrected chi connectivity index (χ3v) is 4.85. The summed E-state index contributed by atoms with van der Waals surface area (Å²) in [6, 6.07) is 0. The maximum absolute atomic E-state index is 2.32. The fourth-order valence-electron chi connectivity index (χ4n) is 3.30. The lowest BCUT2D eigenvalue weighted by Crippen LogP contribution is -1.83. The Balaban J connectivity index is 2.15. The quantitative estimate of drug-likeness (QED) is 0.421. The Hall–Kier alpha value is -0.780. The van der Waals surface area contributed by atoms with Crippen LogP contribution >= 0.6 is 0 Å². The number of allylic oxidation sites excluding steroid dienone is 6. The van der Waals surface area contributed by atoms with Crippen LogP contribution in [0, 0.1) is 0 Å². The smallest absolute Gasteiger partial charge is 0.0348 e. The molecule has 0 radical (unpaired) electrons. The van der Waals surface area contributed by atoms with Gasteiger partial charge in [0.1, 0.15) is 0 Å². The first-order valence-corrected chi connectivity index (χ1v) is 10.5. The van der Waals surface area contributed by atoms with Gasteiger partial charge < -0.3 is 0 Å². The summed E-state index contributed by atoms with van der Waals surface area (Å²) in [6.45, 7) is 0. The van der Waals surface area contributed by atoms with Crippen LogP contribution in [-0.2, 0) is 0 Å². The van der Waals surface area contributed by atoms with Crippen LogP contribution in [0.15, 0.2) is 36.5 Å². The van der Waals surface area contributed by atoms with Gasteiger partial charge >= 0.3 is 0 Å². The van der Waals surface area contributed by atoms with Crippen LogP contribution in [0.25, 0.3) is 0 Å².